The highest BCUT2D eigenvalue weighted by Gasteiger charge is 2.51. The second-order valence-electron chi connectivity index (χ2n) is 5.09. The minimum atomic E-state index is -1.16. The van der Waals surface area contributed by atoms with Crippen molar-refractivity contribution in [2.24, 2.45) is 0 Å². The third kappa shape index (κ3) is 6.00. The van der Waals surface area contributed by atoms with Gasteiger partial charge in [-0.3, -0.25) is 19.2 Å². The van der Waals surface area contributed by atoms with Crippen LogP contribution in [0, 0.1) is 0 Å². The van der Waals surface area contributed by atoms with Crippen LogP contribution in [0.5, 0.6) is 0 Å². The quantitative estimate of drug-likeness (QED) is 0.409. The lowest BCUT2D eigenvalue weighted by molar-refractivity contribution is -0.237. The van der Waals surface area contributed by atoms with Crippen molar-refractivity contribution in [3.8, 4) is 0 Å². The largest absolute Gasteiger partial charge is 0.463 e. The van der Waals surface area contributed by atoms with Crippen molar-refractivity contribution in [3.63, 3.8) is 0 Å². The summed E-state index contributed by atoms with van der Waals surface area (Å²) in [7, 11) is 0. The predicted octanol–water partition coefficient (Wildman–Crippen LogP) is -0.000700. The van der Waals surface area contributed by atoms with Crippen LogP contribution in [-0.4, -0.2) is 60.3 Å². The highest BCUT2D eigenvalue weighted by Crippen LogP contribution is 2.30. The van der Waals surface area contributed by atoms with Crippen LogP contribution < -0.4 is 0 Å². The van der Waals surface area contributed by atoms with Crippen molar-refractivity contribution < 1.29 is 42.9 Å². The van der Waals surface area contributed by atoms with Gasteiger partial charge in [0.15, 0.2) is 18.3 Å². The maximum absolute atomic E-state index is 11.4. The monoisotopic (exact) mass is 364 g/mol. The van der Waals surface area contributed by atoms with Crippen LogP contribution in [0.15, 0.2) is 0 Å². The Morgan fingerprint density at radius 3 is 1.71 bits per heavy atom. The van der Waals surface area contributed by atoms with E-state index in [-0.39, 0.29) is 6.61 Å². The molecule has 10 heteroatoms. The minimum absolute atomic E-state index is 0.255. The average Bonchev–Trinajstić information content (AvgIpc) is 2.42. The van der Waals surface area contributed by atoms with Gasteiger partial charge in [0, 0.05) is 27.7 Å². The van der Waals surface area contributed by atoms with E-state index in [0.717, 1.165) is 20.8 Å². The highest BCUT2D eigenvalue weighted by atomic mass is 32.1. The molecular formula is C14H20O9S. The predicted molar refractivity (Wildman–Crippen MR) is 80.9 cm³/mol. The van der Waals surface area contributed by atoms with Gasteiger partial charge >= 0.3 is 23.9 Å². The van der Waals surface area contributed by atoms with Gasteiger partial charge < -0.3 is 23.7 Å². The molecule has 0 aromatic heterocycles. The first-order chi connectivity index (χ1) is 11.1. The molecule has 1 saturated heterocycles. The van der Waals surface area contributed by atoms with E-state index in [1.165, 1.54) is 6.92 Å². The maximum Gasteiger partial charge on any atom is 0.303 e. The smallest absolute Gasteiger partial charge is 0.303 e. The number of carbonyl (C=O) groups is 4. The lowest BCUT2D eigenvalue weighted by Crippen LogP contribution is -2.61. The summed E-state index contributed by atoms with van der Waals surface area (Å²) in [6, 6.07) is 0. The van der Waals surface area contributed by atoms with Crippen molar-refractivity contribution in [2.45, 2.75) is 57.5 Å². The fourth-order valence-corrected chi connectivity index (χ4v) is 2.59. The number of rotatable bonds is 5. The third-order valence-corrected chi connectivity index (χ3v) is 3.38. The summed E-state index contributed by atoms with van der Waals surface area (Å²) in [6.45, 7) is 4.42. The molecule has 9 nitrogen and oxygen atoms in total. The summed E-state index contributed by atoms with van der Waals surface area (Å²) in [4.78, 5) is 45.1. The standard InChI is InChI=1S/C14H20O9S/c1-6(15)19-5-10-11(20-7(2)16)12(21-8(3)17)13(14(24)23-10)22-9(4)18/h10-14,24H,5H2,1-4H3/t10?,11-,12-,13?,14?/m0/s1. The Balaban J connectivity index is 3.11. The van der Waals surface area contributed by atoms with Crippen molar-refractivity contribution >= 4 is 36.5 Å². The molecule has 0 N–H and O–H groups in total. The molecule has 0 amide bonds. The zero-order chi connectivity index (χ0) is 18.4. The molecule has 24 heavy (non-hydrogen) atoms. The molecule has 5 atom stereocenters. The fraction of sp³-hybridized carbons (Fsp3) is 0.714. The van der Waals surface area contributed by atoms with E-state index in [1.807, 2.05) is 0 Å². The molecule has 1 aliphatic rings. The fourth-order valence-electron chi connectivity index (χ4n) is 2.21. The molecular weight excluding hydrogens is 344 g/mol. The van der Waals surface area contributed by atoms with Crippen molar-refractivity contribution in [1.82, 2.24) is 0 Å². The number of ether oxygens (including phenoxy) is 5. The van der Waals surface area contributed by atoms with Crippen LogP contribution >= 0.6 is 12.6 Å². The summed E-state index contributed by atoms with van der Waals surface area (Å²) in [6.07, 6.45) is -4.35. The summed E-state index contributed by atoms with van der Waals surface area (Å²) in [5.74, 6) is -2.57. The lowest BCUT2D eigenvalue weighted by Gasteiger charge is -2.42. The summed E-state index contributed by atoms with van der Waals surface area (Å²) < 4.78 is 25.8. The third-order valence-electron chi connectivity index (χ3n) is 2.97. The van der Waals surface area contributed by atoms with Crippen LogP contribution in [0.1, 0.15) is 27.7 Å². The molecule has 1 aliphatic heterocycles. The van der Waals surface area contributed by atoms with E-state index >= 15 is 0 Å². The summed E-state index contributed by atoms with van der Waals surface area (Å²) in [5, 5.41) is 0. The summed E-state index contributed by atoms with van der Waals surface area (Å²) in [5.41, 5.74) is -0.981. The van der Waals surface area contributed by atoms with E-state index < -0.39 is 53.7 Å². The minimum Gasteiger partial charge on any atom is -0.463 e. The van der Waals surface area contributed by atoms with Gasteiger partial charge in [0.25, 0.3) is 0 Å². The zero-order valence-electron chi connectivity index (χ0n) is 13.7. The van der Waals surface area contributed by atoms with Crippen molar-refractivity contribution in [2.75, 3.05) is 6.61 Å². The van der Waals surface area contributed by atoms with Crippen LogP contribution in [0.3, 0.4) is 0 Å². The second-order valence-corrected chi connectivity index (χ2v) is 5.60. The highest BCUT2D eigenvalue weighted by molar-refractivity contribution is 7.80. The van der Waals surface area contributed by atoms with E-state index in [2.05, 4.69) is 12.6 Å². The van der Waals surface area contributed by atoms with Gasteiger partial charge in [0.05, 0.1) is 0 Å². The van der Waals surface area contributed by atoms with E-state index in [4.69, 9.17) is 23.7 Å². The average molecular weight is 364 g/mol. The van der Waals surface area contributed by atoms with Gasteiger partial charge in [0.1, 0.15) is 18.1 Å². The maximum atomic E-state index is 11.4. The number of thiol groups is 1. The molecule has 0 aliphatic carbocycles. The van der Waals surface area contributed by atoms with E-state index in [9.17, 15) is 19.2 Å². The van der Waals surface area contributed by atoms with Crippen molar-refractivity contribution in [1.29, 1.82) is 0 Å². The van der Waals surface area contributed by atoms with Gasteiger partial charge in [0.2, 0.25) is 0 Å². The molecule has 0 bridgehead atoms. The van der Waals surface area contributed by atoms with Gasteiger partial charge in [-0.1, -0.05) is 0 Å². The summed E-state index contributed by atoms with van der Waals surface area (Å²) >= 11 is 4.18. The molecule has 136 valence electrons. The van der Waals surface area contributed by atoms with Crippen LogP contribution in [0.25, 0.3) is 0 Å². The van der Waals surface area contributed by atoms with Gasteiger partial charge in [-0.25, -0.2) is 0 Å². The molecule has 0 aromatic rings. The number of hydrogen-bond donors (Lipinski definition) is 1. The number of esters is 4. The Labute approximate surface area is 144 Å². The second kappa shape index (κ2) is 8.88. The molecule has 0 radical (unpaired) electrons. The molecule has 0 spiro atoms. The normalized spacial score (nSPS) is 29.3. The van der Waals surface area contributed by atoms with Crippen molar-refractivity contribution in [3.05, 3.63) is 0 Å². The van der Waals surface area contributed by atoms with E-state index in [0.29, 0.717) is 0 Å². The SMILES string of the molecule is CC(=O)OCC1OC(S)C(OC(C)=O)[C@@H](OC(C)=O)[C@H]1OC(C)=O. The molecule has 1 rings (SSSR count). The number of hydrogen-bond acceptors (Lipinski definition) is 10. The van der Waals surface area contributed by atoms with Crippen LogP contribution in [0.4, 0.5) is 0 Å². The van der Waals surface area contributed by atoms with Crippen LogP contribution in [-0.2, 0) is 42.9 Å². The molecule has 3 unspecified atom stereocenters. The Morgan fingerprint density at radius 1 is 0.792 bits per heavy atom. The number of carbonyl (C=O) groups excluding carboxylic acids is 4. The Bertz CT molecular complexity index is 506. The molecule has 1 heterocycles. The Morgan fingerprint density at radius 2 is 1.25 bits per heavy atom. The van der Waals surface area contributed by atoms with Gasteiger partial charge in [-0.05, 0) is 0 Å². The van der Waals surface area contributed by atoms with Crippen LogP contribution in [0.2, 0.25) is 0 Å². The molecule has 0 aromatic carbocycles. The first-order valence-electron chi connectivity index (χ1n) is 7.10. The molecule has 0 saturated carbocycles. The first-order valence-corrected chi connectivity index (χ1v) is 7.62. The lowest BCUT2D eigenvalue weighted by atomic mass is 9.99. The first kappa shape index (κ1) is 20.2. The van der Waals surface area contributed by atoms with Gasteiger partial charge in [-0.2, -0.15) is 0 Å². The van der Waals surface area contributed by atoms with E-state index in [1.54, 1.807) is 0 Å². The molecule has 1 fully saturated rings. The van der Waals surface area contributed by atoms with Gasteiger partial charge in [-0.15, -0.1) is 12.6 Å². The Hall–Kier alpha value is -1.81. The zero-order valence-corrected chi connectivity index (χ0v) is 14.6. The Kier molecular flexibility index (Phi) is 7.49. The topological polar surface area (TPSA) is 114 Å².